The molecular formula is C16H18N8O2. The molecule has 1 fully saturated rings. The van der Waals surface area contributed by atoms with Gasteiger partial charge in [-0.15, -0.1) is 0 Å². The average molecular weight is 354 g/mol. The summed E-state index contributed by atoms with van der Waals surface area (Å²) < 4.78 is 7.16. The normalized spacial score (nSPS) is 14.5. The molecule has 4 heterocycles. The Hall–Kier alpha value is -3.14. The highest BCUT2D eigenvalue weighted by Gasteiger charge is 2.18. The van der Waals surface area contributed by atoms with Gasteiger partial charge in [0.1, 0.15) is 17.8 Å². The van der Waals surface area contributed by atoms with E-state index in [-0.39, 0.29) is 11.6 Å². The van der Waals surface area contributed by atoms with E-state index in [1.54, 1.807) is 17.2 Å². The molecule has 0 bridgehead atoms. The van der Waals surface area contributed by atoms with Gasteiger partial charge in [0.25, 0.3) is 5.91 Å². The fourth-order valence-electron chi connectivity index (χ4n) is 2.85. The Morgan fingerprint density at radius 3 is 2.85 bits per heavy atom. The summed E-state index contributed by atoms with van der Waals surface area (Å²) in [6, 6.07) is 0. The van der Waals surface area contributed by atoms with E-state index in [0.717, 1.165) is 29.9 Å². The predicted octanol–water partition coefficient (Wildman–Crippen LogP) is -0.117. The number of carbonyl (C=O) groups excluding carboxylic acids is 1. The van der Waals surface area contributed by atoms with Crippen LogP contribution in [-0.4, -0.2) is 68.5 Å². The zero-order valence-electron chi connectivity index (χ0n) is 14.1. The van der Waals surface area contributed by atoms with Gasteiger partial charge in [0.15, 0.2) is 5.65 Å². The maximum Gasteiger partial charge on any atom is 0.271 e. The topological polar surface area (TPSA) is 111 Å². The lowest BCUT2D eigenvalue weighted by Crippen LogP contribution is -2.36. The van der Waals surface area contributed by atoms with Gasteiger partial charge < -0.3 is 15.0 Å². The lowest BCUT2D eigenvalue weighted by molar-refractivity contribution is 0.0946. The van der Waals surface area contributed by atoms with Gasteiger partial charge in [0, 0.05) is 32.0 Å². The van der Waals surface area contributed by atoms with Gasteiger partial charge >= 0.3 is 0 Å². The van der Waals surface area contributed by atoms with Crippen LogP contribution in [-0.2, 0) is 11.3 Å². The minimum atomic E-state index is -0.266. The van der Waals surface area contributed by atoms with Crippen molar-refractivity contribution in [1.82, 2.24) is 35.0 Å². The van der Waals surface area contributed by atoms with Gasteiger partial charge in [0.05, 0.1) is 37.5 Å². The van der Waals surface area contributed by atoms with Gasteiger partial charge in [-0.3, -0.25) is 9.78 Å². The Labute approximate surface area is 149 Å². The Bertz CT molecular complexity index is 892. The SMILES string of the molecule is O=C(NCCn1ncc2c(N3CCOCC3)ncnc21)c1cnccn1. The van der Waals surface area contributed by atoms with Crippen LogP contribution in [0.4, 0.5) is 5.82 Å². The molecule has 3 aromatic rings. The van der Waals surface area contributed by atoms with Crippen LogP contribution in [0.25, 0.3) is 11.0 Å². The number of anilines is 1. The van der Waals surface area contributed by atoms with E-state index in [0.29, 0.717) is 26.3 Å². The number of aromatic nitrogens is 6. The van der Waals surface area contributed by atoms with Gasteiger partial charge in [-0.2, -0.15) is 5.10 Å². The van der Waals surface area contributed by atoms with Gasteiger partial charge in [-0.1, -0.05) is 0 Å². The number of fused-ring (bicyclic) bond motifs is 1. The second kappa shape index (κ2) is 7.40. The molecule has 26 heavy (non-hydrogen) atoms. The largest absolute Gasteiger partial charge is 0.378 e. The Morgan fingerprint density at radius 1 is 1.15 bits per heavy atom. The van der Waals surface area contributed by atoms with Crippen molar-refractivity contribution in [3.8, 4) is 0 Å². The number of carbonyl (C=O) groups is 1. The zero-order valence-corrected chi connectivity index (χ0v) is 14.1. The van der Waals surface area contributed by atoms with Crippen LogP contribution in [0, 0.1) is 0 Å². The fourth-order valence-corrected chi connectivity index (χ4v) is 2.85. The summed E-state index contributed by atoms with van der Waals surface area (Å²) in [5.74, 6) is 0.603. The van der Waals surface area contributed by atoms with Crippen LogP contribution < -0.4 is 10.2 Å². The molecule has 1 aliphatic heterocycles. The summed E-state index contributed by atoms with van der Waals surface area (Å²) >= 11 is 0. The van der Waals surface area contributed by atoms with E-state index in [1.165, 1.54) is 18.6 Å². The van der Waals surface area contributed by atoms with Crippen LogP contribution in [0.3, 0.4) is 0 Å². The standard InChI is InChI=1S/C16H18N8O2/c25-16(13-10-17-1-2-18-13)19-3-4-24-15-12(9-22-24)14(20-11-21-15)23-5-7-26-8-6-23/h1-2,9-11H,3-8H2,(H,19,25). The summed E-state index contributed by atoms with van der Waals surface area (Å²) in [5, 5.41) is 8.10. The van der Waals surface area contributed by atoms with Crippen molar-refractivity contribution in [1.29, 1.82) is 0 Å². The Balaban J connectivity index is 1.45. The monoisotopic (exact) mass is 354 g/mol. The second-order valence-corrected chi connectivity index (χ2v) is 5.75. The first kappa shape index (κ1) is 16.3. The molecule has 0 atom stereocenters. The number of hydrogen-bond acceptors (Lipinski definition) is 8. The summed E-state index contributed by atoms with van der Waals surface area (Å²) in [5.41, 5.74) is 1.03. The minimum absolute atomic E-state index is 0.266. The van der Waals surface area contributed by atoms with E-state index in [9.17, 15) is 4.79 Å². The van der Waals surface area contributed by atoms with E-state index < -0.39 is 0 Å². The molecule has 10 heteroatoms. The summed E-state index contributed by atoms with van der Waals surface area (Å²) in [4.78, 5) is 30.8. The molecule has 134 valence electrons. The molecule has 0 unspecified atom stereocenters. The van der Waals surface area contributed by atoms with Crippen LogP contribution in [0.2, 0.25) is 0 Å². The molecule has 0 saturated carbocycles. The first-order valence-corrected chi connectivity index (χ1v) is 8.36. The number of ether oxygens (including phenoxy) is 1. The van der Waals surface area contributed by atoms with Crippen LogP contribution in [0.5, 0.6) is 0 Å². The summed E-state index contributed by atoms with van der Waals surface area (Å²) in [6.45, 7) is 3.87. The van der Waals surface area contributed by atoms with Crippen LogP contribution in [0.15, 0.2) is 31.1 Å². The van der Waals surface area contributed by atoms with E-state index >= 15 is 0 Å². The van der Waals surface area contributed by atoms with Crippen molar-refractivity contribution in [3.05, 3.63) is 36.8 Å². The molecule has 10 nitrogen and oxygen atoms in total. The number of morpholine rings is 1. The quantitative estimate of drug-likeness (QED) is 0.675. The lowest BCUT2D eigenvalue weighted by atomic mass is 10.3. The predicted molar refractivity (Wildman–Crippen MR) is 92.7 cm³/mol. The smallest absolute Gasteiger partial charge is 0.271 e. The van der Waals surface area contributed by atoms with Crippen molar-refractivity contribution in [3.63, 3.8) is 0 Å². The number of amides is 1. The second-order valence-electron chi connectivity index (χ2n) is 5.75. The van der Waals surface area contributed by atoms with E-state index in [1.807, 2.05) is 0 Å². The van der Waals surface area contributed by atoms with Gasteiger partial charge in [-0.25, -0.2) is 19.6 Å². The highest BCUT2D eigenvalue weighted by atomic mass is 16.5. The molecule has 1 amide bonds. The van der Waals surface area contributed by atoms with Crippen molar-refractivity contribution in [2.45, 2.75) is 6.54 Å². The molecular weight excluding hydrogens is 336 g/mol. The lowest BCUT2D eigenvalue weighted by Gasteiger charge is -2.27. The number of rotatable bonds is 5. The summed E-state index contributed by atoms with van der Waals surface area (Å²) in [6.07, 6.45) is 7.76. The summed E-state index contributed by atoms with van der Waals surface area (Å²) in [7, 11) is 0. The first-order valence-electron chi connectivity index (χ1n) is 8.36. The van der Waals surface area contributed by atoms with E-state index in [4.69, 9.17) is 4.74 Å². The van der Waals surface area contributed by atoms with Gasteiger partial charge in [-0.05, 0) is 0 Å². The third-order valence-electron chi connectivity index (χ3n) is 4.13. The van der Waals surface area contributed by atoms with Gasteiger partial charge in [0.2, 0.25) is 0 Å². The van der Waals surface area contributed by atoms with E-state index in [2.05, 4.69) is 35.3 Å². The molecule has 1 N–H and O–H groups in total. The Kier molecular flexibility index (Phi) is 4.65. The first-order chi connectivity index (χ1) is 12.8. The molecule has 4 rings (SSSR count). The molecule has 3 aromatic heterocycles. The van der Waals surface area contributed by atoms with Crippen LogP contribution >= 0.6 is 0 Å². The zero-order chi connectivity index (χ0) is 17.8. The molecule has 1 aliphatic rings. The van der Waals surface area contributed by atoms with Crippen LogP contribution in [0.1, 0.15) is 10.5 Å². The minimum Gasteiger partial charge on any atom is -0.378 e. The van der Waals surface area contributed by atoms with Crippen molar-refractivity contribution in [2.24, 2.45) is 0 Å². The number of hydrogen-bond donors (Lipinski definition) is 1. The third-order valence-corrected chi connectivity index (χ3v) is 4.13. The highest BCUT2D eigenvalue weighted by molar-refractivity contribution is 5.91. The molecule has 0 spiro atoms. The average Bonchev–Trinajstić information content (AvgIpc) is 3.12. The maximum atomic E-state index is 12.0. The fraction of sp³-hybridized carbons (Fsp3) is 0.375. The number of nitrogens with zero attached hydrogens (tertiary/aromatic N) is 7. The molecule has 0 radical (unpaired) electrons. The van der Waals surface area contributed by atoms with Crippen molar-refractivity contribution in [2.75, 3.05) is 37.7 Å². The molecule has 0 aromatic carbocycles. The molecule has 1 saturated heterocycles. The highest BCUT2D eigenvalue weighted by Crippen LogP contribution is 2.23. The van der Waals surface area contributed by atoms with Crippen molar-refractivity contribution < 1.29 is 9.53 Å². The Morgan fingerprint density at radius 2 is 2.04 bits per heavy atom. The third kappa shape index (κ3) is 3.31. The van der Waals surface area contributed by atoms with Crippen molar-refractivity contribution >= 4 is 22.8 Å². The molecule has 0 aliphatic carbocycles. The maximum absolute atomic E-state index is 12.0. The number of nitrogens with one attached hydrogen (secondary N) is 1.